The number of imide groups is 1. The second-order valence-electron chi connectivity index (χ2n) is 6.95. The van der Waals surface area contributed by atoms with Crippen molar-refractivity contribution in [2.75, 3.05) is 11.9 Å². The summed E-state index contributed by atoms with van der Waals surface area (Å²) in [6, 6.07) is 4.63. The molecule has 1 heterocycles. The first-order chi connectivity index (χ1) is 11.8. The number of carbonyl (C=O) groups is 3. The molecular weight excluding hydrogens is 342 g/mol. The van der Waals surface area contributed by atoms with Crippen LogP contribution in [0.25, 0.3) is 0 Å². The highest BCUT2D eigenvalue weighted by molar-refractivity contribution is 6.30. The van der Waals surface area contributed by atoms with E-state index in [2.05, 4.69) is 10.6 Å². The number of anilines is 1. The van der Waals surface area contributed by atoms with Crippen LogP contribution in [0.3, 0.4) is 0 Å². The van der Waals surface area contributed by atoms with Crippen LogP contribution in [0.2, 0.25) is 5.02 Å². The van der Waals surface area contributed by atoms with Gasteiger partial charge in [-0.05, 0) is 49.4 Å². The third-order valence-corrected chi connectivity index (χ3v) is 5.50. The van der Waals surface area contributed by atoms with E-state index >= 15 is 0 Å². The van der Waals surface area contributed by atoms with Crippen LogP contribution in [0.15, 0.2) is 18.2 Å². The Labute approximate surface area is 151 Å². The van der Waals surface area contributed by atoms with E-state index < -0.39 is 17.5 Å². The van der Waals surface area contributed by atoms with Crippen LogP contribution in [0.1, 0.15) is 38.2 Å². The van der Waals surface area contributed by atoms with Gasteiger partial charge in [-0.3, -0.25) is 14.5 Å². The second kappa shape index (κ2) is 6.67. The zero-order valence-corrected chi connectivity index (χ0v) is 15.2. The standard InChI is InChI=1S/C18H22ClN3O3/c1-11-9-13(19)6-7-14(11)20-15(23)10-22-16(24)18(21-17(22)25)8-4-3-5-12(18)2/h6-7,9,12H,3-5,8,10H2,1-2H3,(H,20,23)(H,21,25)/t12-,18-/m0/s1. The lowest BCUT2D eigenvalue weighted by Gasteiger charge is -2.36. The summed E-state index contributed by atoms with van der Waals surface area (Å²) in [5, 5.41) is 6.16. The number of hydrogen-bond acceptors (Lipinski definition) is 3. The normalized spacial score (nSPS) is 26.0. The van der Waals surface area contributed by atoms with Gasteiger partial charge in [-0.25, -0.2) is 4.79 Å². The molecule has 1 aromatic rings. The molecule has 25 heavy (non-hydrogen) atoms. The molecular formula is C18H22ClN3O3. The van der Waals surface area contributed by atoms with E-state index in [0.29, 0.717) is 17.1 Å². The lowest BCUT2D eigenvalue weighted by molar-refractivity contribution is -0.136. The van der Waals surface area contributed by atoms with Crippen LogP contribution < -0.4 is 10.6 Å². The van der Waals surface area contributed by atoms with E-state index in [9.17, 15) is 14.4 Å². The summed E-state index contributed by atoms with van der Waals surface area (Å²) in [4.78, 5) is 38.5. The van der Waals surface area contributed by atoms with Crippen LogP contribution >= 0.6 is 11.6 Å². The Morgan fingerprint density at radius 3 is 2.84 bits per heavy atom. The van der Waals surface area contributed by atoms with Crippen molar-refractivity contribution in [3.8, 4) is 0 Å². The maximum absolute atomic E-state index is 12.8. The van der Waals surface area contributed by atoms with Gasteiger partial charge >= 0.3 is 6.03 Å². The van der Waals surface area contributed by atoms with Crippen molar-refractivity contribution < 1.29 is 14.4 Å². The third-order valence-electron chi connectivity index (χ3n) is 5.27. The number of aryl methyl sites for hydroxylation is 1. The molecule has 0 bridgehead atoms. The minimum atomic E-state index is -0.841. The molecule has 0 unspecified atom stereocenters. The predicted octanol–water partition coefficient (Wildman–Crippen LogP) is 3.09. The van der Waals surface area contributed by atoms with Crippen LogP contribution in [0.4, 0.5) is 10.5 Å². The van der Waals surface area contributed by atoms with Crippen molar-refractivity contribution in [1.82, 2.24) is 10.2 Å². The zero-order chi connectivity index (χ0) is 18.2. The van der Waals surface area contributed by atoms with Crippen LogP contribution in [-0.4, -0.2) is 34.8 Å². The number of urea groups is 1. The molecule has 0 aromatic heterocycles. The fraction of sp³-hybridized carbons (Fsp3) is 0.500. The maximum Gasteiger partial charge on any atom is 0.325 e. The smallest absolute Gasteiger partial charge is 0.324 e. The molecule has 1 spiro atoms. The van der Waals surface area contributed by atoms with Gasteiger partial charge in [-0.1, -0.05) is 31.4 Å². The van der Waals surface area contributed by atoms with E-state index in [0.717, 1.165) is 29.7 Å². The first-order valence-corrected chi connectivity index (χ1v) is 8.91. The van der Waals surface area contributed by atoms with Crippen molar-refractivity contribution in [2.45, 2.75) is 45.1 Å². The number of benzene rings is 1. The number of hydrogen-bond donors (Lipinski definition) is 2. The fourth-order valence-electron chi connectivity index (χ4n) is 3.74. The van der Waals surface area contributed by atoms with E-state index in [-0.39, 0.29) is 18.4 Å². The van der Waals surface area contributed by atoms with Crippen LogP contribution in [0, 0.1) is 12.8 Å². The summed E-state index contributed by atoms with van der Waals surface area (Å²) in [5.41, 5.74) is 0.587. The number of halogens is 1. The summed E-state index contributed by atoms with van der Waals surface area (Å²) < 4.78 is 0. The van der Waals surface area contributed by atoms with Gasteiger partial charge in [0, 0.05) is 10.7 Å². The van der Waals surface area contributed by atoms with E-state index in [1.807, 2.05) is 13.8 Å². The number of amides is 4. The van der Waals surface area contributed by atoms with Crippen molar-refractivity contribution in [1.29, 1.82) is 0 Å². The Morgan fingerprint density at radius 1 is 1.40 bits per heavy atom. The Bertz CT molecular complexity index is 736. The summed E-state index contributed by atoms with van der Waals surface area (Å²) in [6.07, 6.45) is 3.49. The SMILES string of the molecule is Cc1cc(Cl)ccc1NC(=O)CN1C(=O)N[C@]2(CCCC[C@@H]2C)C1=O. The van der Waals surface area contributed by atoms with Gasteiger partial charge in [0.2, 0.25) is 5.91 Å². The van der Waals surface area contributed by atoms with Gasteiger partial charge in [0.25, 0.3) is 5.91 Å². The first-order valence-electron chi connectivity index (χ1n) is 8.53. The third kappa shape index (κ3) is 3.23. The van der Waals surface area contributed by atoms with Gasteiger partial charge in [0.05, 0.1) is 0 Å². The van der Waals surface area contributed by atoms with Crippen molar-refractivity contribution in [3.63, 3.8) is 0 Å². The summed E-state index contributed by atoms with van der Waals surface area (Å²) in [6.45, 7) is 3.52. The van der Waals surface area contributed by atoms with Crippen LogP contribution in [-0.2, 0) is 9.59 Å². The average Bonchev–Trinajstić information content (AvgIpc) is 2.78. The van der Waals surface area contributed by atoms with Gasteiger partial charge in [-0.2, -0.15) is 0 Å². The molecule has 6 nitrogen and oxygen atoms in total. The number of nitrogens with one attached hydrogen (secondary N) is 2. The quantitative estimate of drug-likeness (QED) is 0.810. The molecule has 2 atom stereocenters. The average molecular weight is 364 g/mol. The molecule has 2 N–H and O–H groups in total. The van der Waals surface area contributed by atoms with E-state index in [1.54, 1.807) is 18.2 Å². The topological polar surface area (TPSA) is 78.5 Å². The molecule has 1 aromatic carbocycles. The predicted molar refractivity (Wildman–Crippen MR) is 95.4 cm³/mol. The van der Waals surface area contributed by atoms with E-state index in [4.69, 9.17) is 11.6 Å². The van der Waals surface area contributed by atoms with Gasteiger partial charge in [0.1, 0.15) is 12.1 Å². The highest BCUT2D eigenvalue weighted by Crippen LogP contribution is 2.38. The Morgan fingerprint density at radius 2 is 2.16 bits per heavy atom. The molecule has 1 aliphatic carbocycles. The molecule has 7 heteroatoms. The molecule has 4 amide bonds. The van der Waals surface area contributed by atoms with Gasteiger partial charge < -0.3 is 10.6 Å². The molecule has 1 saturated carbocycles. The molecule has 1 aliphatic heterocycles. The van der Waals surface area contributed by atoms with Crippen molar-refractivity contribution in [2.24, 2.45) is 5.92 Å². The van der Waals surface area contributed by atoms with Gasteiger partial charge in [-0.15, -0.1) is 0 Å². The summed E-state index contributed by atoms with van der Waals surface area (Å²) in [7, 11) is 0. The Hall–Kier alpha value is -2.08. The number of carbonyl (C=O) groups excluding carboxylic acids is 3. The lowest BCUT2D eigenvalue weighted by atomic mass is 9.73. The molecule has 134 valence electrons. The Balaban J connectivity index is 1.71. The van der Waals surface area contributed by atoms with Gasteiger partial charge in [0.15, 0.2) is 0 Å². The first kappa shape index (κ1) is 17.7. The minimum absolute atomic E-state index is 0.0734. The summed E-state index contributed by atoms with van der Waals surface area (Å²) >= 11 is 5.91. The molecule has 3 rings (SSSR count). The fourth-order valence-corrected chi connectivity index (χ4v) is 3.97. The number of nitrogens with zero attached hydrogens (tertiary/aromatic N) is 1. The van der Waals surface area contributed by atoms with E-state index in [1.165, 1.54) is 0 Å². The maximum atomic E-state index is 12.8. The highest BCUT2D eigenvalue weighted by Gasteiger charge is 2.55. The van der Waals surface area contributed by atoms with Crippen molar-refractivity contribution in [3.05, 3.63) is 28.8 Å². The lowest BCUT2D eigenvalue weighted by Crippen LogP contribution is -2.54. The molecule has 1 saturated heterocycles. The van der Waals surface area contributed by atoms with Crippen LogP contribution in [0.5, 0.6) is 0 Å². The second-order valence-corrected chi connectivity index (χ2v) is 7.38. The largest absolute Gasteiger partial charge is 0.325 e. The monoisotopic (exact) mass is 363 g/mol. The molecule has 0 radical (unpaired) electrons. The molecule has 2 fully saturated rings. The Kier molecular flexibility index (Phi) is 4.73. The zero-order valence-electron chi connectivity index (χ0n) is 14.4. The highest BCUT2D eigenvalue weighted by atomic mass is 35.5. The number of rotatable bonds is 3. The molecule has 2 aliphatic rings. The minimum Gasteiger partial charge on any atom is -0.324 e. The van der Waals surface area contributed by atoms with Crippen molar-refractivity contribution >= 4 is 35.1 Å². The summed E-state index contributed by atoms with van der Waals surface area (Å²) in [5.74, 6) is -0.619.